The van der Waals surface area contributed by atoms with Gasteiger partial charge in [-0.1, -0.05) is 17.7 Å². The highest BCUT2D eigenvalue weighted by atomic mass is 32.2. The number of rotatable bonds is 11. The van der Waals surface area contributed by atoms with Crippen molar-refractivity contribution in [3.63, 3.8) is 0 Å². The Morgan fingerprint density at radius 3 is 1.86 bits per heavy atom. The number of carbonyl (C=O) groups is 3. The van der Waals surface area contributed by atoms with Crippen LogP contribution in [0.4, 0.5) is 0 Å². The number of benzene rings is 1. The van der Waals surface area contributed by atoms with Crippen LogP contribution < -0.4 is 0 Å². The minimum Gasteiger partial charge on any atom is -0.464 e. The van der Waals surface area contributed by atoms with Crippen molar-refractivity contribution < 1.29 is 37.0 Å². The summed E-state index contributed by atoms with van der Waals surface area (Å²) >= 11 is 7.55. The molecular formula is C18H24O8S3. The first-order chi connectivity index (χ1) is 13.5. The van der Waals surface area contributed by atoms with E-state index in [0.29, 0.717) is 0 Å². The second kappa shape index (κ2) is 11.5. The van der Waals surface area contributed by atoms with E-state index in [-0.39, 0.29) is 16.4 Å². The van der Waals surface area contributed by atoms with Crippen molar-refractivity contribution in [1.29, 1.82) is 0 Å². The van der Waals surface area contributed by atoms with Crippen molar-refractivity contribution in [2.75, 3.05) is 37.1 Å². The molecule has 0 radical (unpaired) electrons. The molecule has 1 aromatic carbocycles. The van der Waals surface area contributed by atoms with Crippen molar-refractivity contribution in [3.05, 3.63) is 29.8 Å². The minimum atomic E-state index is -3.65. The lowest BCUT2D eigenvalue weighted by Gasteiger charge is -2.26. The molecule has 0 saturated carbocycles. The molecule has 29 heavy (non-hydrogen) atoms. The highest BCUT2D eigenvalue weighted by Gasteiger charge is 2.38. The molecule has 0 aliphatic heterocycles. The quantitative estimate of drug-likeness (QED) is 0.286. The topological polar surface area (TPSA) is 113 Å². The smallest absolute Gasteiger partial charge is 0.318 e. The maximum atomic E-state index is 12.5. The molecule has 0 fully saturated rings. The number of carbonyl (C=O) groups excluding carboxylic acids is 3. The molecule has 11 heteroatoms. The van der Waals surface area contributed by atoms with E-state index in [4.69, 9.17) is 14.2 Å². The summed E-state index contributed by atoms with van der Waals surface area (Å²) in [5.74, 6) is -3.03. The zero-order valence-electron chi connectivity index (χ0n) is 16.1. The van der Waals surface area contributed by atoms with Crippen molar-refractivity contribution in [3.8, 4) is 0 Å². The summed E-state index contributed by atoms with van der Waals surface area (Å²) < 4.78 is 39.6. The number of hydrogen-bond donors (Lipinski definition) is 2. The van der Waals surface area contributed by atoms with E-state index in [2.05, 4.69) is 25.3 Å². The normalized spacial score (nSPS) is 11.6. The number of esters is 3. The Balaban J connectivity index is 2.75. The Kier molecular flexibility index (Phi) is 10.0. The van der Waals surface area contributed by atoms with Crippen molar-refractivity contribution >= 4 is 53.0 Å². The maximum Gasteiger partial charge on any atom is 0.318 e. The van der Waals surface area contributed by atoms with Gasteiger partial charge in [0.15, 0.2) is 9.84 Å². The zero-order valence-corrected chi connectivity index (χ0v) is 18.7. The first-order valence-electron chi connectivity index (χ1n) is 8.53. The Bertz CT molecular complexity index is 798. The van der Waals surface area contributed by atoms with Crippen molar-refractivity contribution in [1.82, 2.24) is 0 Å². The third kappa shape index (κ3) is 8.27. The second-order valence-corrected chi connectivity index (χ2v) is 9.21. The first kappa shape index (κ1) is 25.3. The first-order valence-corrected chi connectivity index (χ1v) is 11.5. The van der Waals surface area contributed by atoms with Gasteiger partial charge in [0, 0.05) is 0 Å². The summed E-state index contributed by atoms with van der Waals surface area (Å²) in [7, 11) is -3.65. The predicted octanol–water partition coefficient (Wildman–Crippen LogP) is 1.26. The highest BCUT2D eigenvalue weighted by molar-refractivity contribution is 7.91. The van der Waals surface area contributed by atoms with Crippen LogP contribution in [0, 0.1) is 12.3 Å². The summed E-state index contributed by atoms with van der Waals surface area (Å²) in [4.78, 5) is 35.3. The third-order valence-corrected chi connectivity index (χ3v) is 6.03. The van der Waals surface area contributed by atoms with E-state index in [1.807, 2.05) is 6.92 Å². The van der Waals surface area contributed by atoms with Gasteiger partial charge in [-0.15, -0.1) is 0 Å². The third-order valence-electron chi connectivity index (χ3n) is 3.82. The van der Waals surface area contributed by atoms with Gasteiger partial charge in [0.1, 0.15) is 25.2 Å². The van der Waals surface area contributed by atoms with Crippen LogP contribution in [0.2, 0.25) is 0 Å². The largest absolute Gasteiger partial charge is 0.464 e. The van der Waals surface area contributed by atoms with E-state index in [1.54, 1.807) is 12.1 Å². The molecule has 1 aromatic rings. The fraction of sp³-hybridized carbons (Fsp3) is 0.500. The minimum absolute atomic E-state index is 0.118. The van der Waals surface area contributed by atoms with E-state index in [0.717, 1.165) is 5.56 Å². The number of hydrogen-bond acceptors (Lipinski definition) is 10. The van der Waals surface area contributed by atoms with Crippen LogP contribution >= 0.6 is 25.3 Å². The molecule has 0 atom stereocenters. The molecule has 0 spiro atoms. The lowest BCUT2D eigenvalue weighted by molar-refractivity contribution is -0.168. The lowest BCUT2D eigenvalue weighted by Crippen LogP contribution is -2.41. The molecular weight excluding hydrogens is 440 g/mol. The number of thiol groups is 2. The summed E-state index contributed by atoms with van der Waals surface area (Å²) in [6.07, 6.45) is 0. The van der Waals surface area contributed by atoms with Gasteiger partial charge in [0.05, 0.1) is 22.2 Å². The SMILES string of the molecule is Cc1ccc(S(=O)(=O)CCOC(=O)C(C)(COC(=O)CS)COC(=O)CS)cc1. The van der Waals surface area contributed by atoms with Gasteiger partial charge >= 0.3 is 17.9 Å². The van der Waals surface area contributed by atoms with E-state index < -0.39 is 58.7 Å². The molecule has 0 saturated heterocycles. The van der Waals surface area contributed by atoms with Crippen LogP contribution in [0.1, 0.15) is 12.5 Å². The van der Waals surface area contributed by atoms with Gasteiger partial charge < -0.3 is 14.2 Å². The Hall–Kier alpha value is -1.72. The van der Waals surface area contributed by atoms with Gasteiger partial charge in [0.25, 0.3) is 0 Å². The van der Waals surface area contributed by atoms with Crippen LogP contribution in [0.5, 0.6) is 0 Å². The zero-order chi connectivity index (χ0) is 22.1. The van der Waals surface area contributed by atoms with Crippen molar-refractivity contribution in [2.45, 2.75) is 18.7 Å². The monoisotopic (exact) mass is 464 g/mol. The van der Waals surface area contributed by atoms with E-state index in [1.165, 1.54) is 19.1 Å². The lowest BCUT2D eigenvalue weighted by atomic mass is 9.93. The average Bonchev–Trinajstić information content (AvgIpc) is 2.70. The van der Waals surface area contributed by atoms with Gasteiger partial charge in [0.2, 0.25) is 0 Å². The average molecular weight is 465 g/mol. The Labute approximate surface area is 181 Å². The summed E-state index contributed by atoms with van der Waals surface area (Å²) in [6.45, 7) is 1.96. The molecule has 0 aromatic heterocycles. The van der Waals surface area contributed by atoms with Gasteiger partial charge in [-0.05, 0) is 26.0 Å². The molecule has 0 amide bonds. The van der Waals surface area contributed by atoms with E-state index in [9.17, 15) is 22.8 Å². The molecule has 8 nitrogen and oxygen atoms in total. The highest BCUT2D eigenvalue weighted by Crippen LogP contribution is 2.21. The molecule has 0 heterocycles. The number of aryl methyl sites for hydroxylation is 1. The number of sulfone groups is 1. The molecule has 0 bridgehead atoms. The Morgan fingerprint density at radius 1 is 0.931 bits per heavy atom. The van der Waals surface area contributed by atoms with Crippen LogP contribution in [-0.2, 0) is 38.4 Å². The summed E-state index contributed by atoms with van der Waals surface area (Å²) in [5.41, 5.74) is -0.595. The summed E-state index contributed by atoms with van der Waals surface area (Å²) in [5, 5.41) is 0. The van der Waals surface area contributed by atoms with Gasteiger partial charge in [-0.25, -0.2) is 8.42 Å². The van der Waals surface area contributed by atoms with Crippen LogP contribution in [0.15, 0.2) is 29.2 Å². The molecule has 0 aliphatic carbocycles. The van der Waals surface area contributed by atoms with Crippen molar-refractivity contribution in [2.24, 2.45) is 5.41 Å². The molecule has 1 rings (SSSR count). The van der Waals surface area contributed by atoms with Gasteiger partial charge in [-0.2, -0.15) is 25.3 Å². The van der Waals surface area contributed by atoms with Crippen LogP contribution in [0.25, 0.3) is 0 Å². The molecule has 0 unspecified atom stereocenters. The molecule has 0 N–H and O–H groups in total. The van der Waals surface area contributed by atoms with E-state index >= 15 is 0 Å². The van der Waals surface area contributed by atoms with Crippen LogP contribution in [-0.4, -0.2) is 63.4 Å². The predicted molar refractivity (Wildman–Crippen MR) is 112 cm³/mol. The fourth-order valence-corrected chi connectivity index (χ4v) is 3.28. The molecule has 162 valence electrons. The number of ether oxygens (including phenoxy) is 3. The second-order valence-electron chi connectivity index (χ2n) is 6.47. The van der Waals surface area contributed by atoms with Gasteiger partial charge in [-0.3, -0.25) is 14.4 Å². The molecule has 0 aliphatic rings. The standard InChI is InChI=1S/C18H24O8S3/c1-13-3-5-14(6-4-13)29(22,23)8-7-24-17(21)18(2,11-25-15(19)9-27)12-26-16(20)10-28/h3-6,27-28H,7-12H2,1-2H3. The fourth-order valence-electron chi connectivity index (χ4n) is 2.01. The summed E-state index contributed by atoms with van der Waals surface area (Å²) in [6, 6.07) is 6.29. The van der Waals surface area contributed by atoms with Crippen LogP contribution in [0.3, 0.4) is 0 Å². The maximum absolute atomic E-state index is 12.5. The Morgan fingerprint density at radius 2 is 1.41 bits per heavy atom.